The van der Waals surface area contributed by atoms with Crippen LogP contribution in [0.25, 0.3) is 11.0 Å². The van der Waals surface area contributed by atoms with Gasteiger partial charge in [0.25, 0.3) is 0 Å². The van der Waals surface area contributed by atoms with Crippen molar-refractivity contribution in [2.45, 2.75) is 18.1 Å². The number of para-hydroxylation sites is 1. The van der Waals surface area contributed by atoms with Gasteiger partial charge in [-0.15, -0.1) is 0 Å². The Morgan fingerprint density at radius 3 is 2.90 bits per heavy atom. The molecule has 5 nitrogen and oxygen atoms in total. The first-order valence-corrected chi connectivity index (χ1v) is 8.85. The van der Waals surface area contributed by atoms with Crippen LogP contribution in [-0.4, -0.2) is 45.5 Å². The number of ether oxygens (including phenoxy) is 1. The van der Waals surface area contributed by atoms with Gasteiger partial charge in [0.2, 0.25) is 0 Å². The van der Waals surface area contributed by atoms with Crippen LogP contribution in [-0.2, 0) is 4.79 Å². The van der Waals surface area contributed by atoms with Gasteiger partial charge in [-0.3, -0.25) is 4.79 Å². The second-order valence-electron chi connectivity index (χ2n) is 4.58. The van der Waals surface area contributed by atoms with Crippen molar-refractivity contribution in [3.8, 4) is 5.75 Å². The van der Waals surface area contributed by atoms with Crippen LogP contribution in [0.1, 0.15) is 13.0 Å². The van der Waals surface area contributed by atoms with E-state index < -0.39 is 5.97 Å². The number of carboxylic acids is 1. The number of benzene rings is 1. The highest BCUT2D eigenvalue weighted by molar-refractivity contribution is 7.99. The average Bonchev–Trinajstić information content (AvgIpc) is 2.83. The molecule has 2 aromatic rings. The smallest absolute Gasteiger partial charge is 0.313 e. The molecule has 1 aromatic heterocycles. The van der Waals surface area contributed by atoms with E-state index in [9.17, 15) is 4.79 Å². The lowest BCUT2D eigenvalue weighted by molar-refractivity contribution is -0.133. The van der Waals surface area contributed by atoms with E-state index in [0.29, 0.717) is 5.75 Å². The fourth-order valence-corrected chi connectivity index (χ4v) is 3.66. The molecule has 1 unspecified atom stereocenters. The van der Waals surface area contributed by atoms with Gasteiger partial charge < -0.3 is 14.4 Å². The molecule has 0 bridgehead atoms. The van der Waals surface area contributed by atoms with Crippen LogP contribution in [0.5, 0.6) is 5.75 Å². The summed E-state index contributed by atoms with van der Waals surface area (Å²) in [6.07, 6.45) is 2.06. The van der Waals surface area contributed by atoms with Crippen molar-refractivity contribution in [3.05, 3.63) is 18.2 Å². The quantitative estimate of drug-likeness (QED) is 0.789. The van der Waals surface area contributed by atoms with Crippen LogP contribution in [0.2, 0.25) is 0 Å². The number of hydrogen-bond acceptors (Lipinski definition) is 5. The number of fused-ring (bicyclic) bond motifs is 1. The van der Waals surface area contributed by atoms with Crippen molar-refractivity contribution in [2.24, 2.45) is 0 Å². The Balaban J connectivity index is 2.53. The van der Waals surface area contributed by atoms with E-state index >= 15 is 0 Å². The van der Waals surface area contributed by atoms with Gasteiger partial charge in [-0.25, -0.2) is 4.98 Å². The number of carboxylic acid groups (broad SMARTS) is 1. The molecule has 1 aromatic carbocycles. The first kappa shape index (κ1) is 16.0. The Morgan fingerprint density at radius 2 is 2.29 bits per heavy atom. The fourth-order valence-electron chi connectivity index (χ4n) is 2.20. The Hall–Kier alpha value is -1.34. The Labute approximate surface area is 132 Å². The summed E-state index contributed by atoms with van der Waals surface area (Å²) in [6.45, 7) is 2.11. The van der Waals surface area contributed by atoms with Crippen LogP contribution in [0.3, 0.4) is 0 Å². The lowest BCUT2D eigenvalue weighted by Crippen LogP contribution is -2.10. The van der Waals surface area contributed by atoms with Crippen LogP contribution in [0, 0.1) is 0 Å². The molecule has 0 aliphatic rings. The summed E-state index contributed by atoms with van der Waals surface area (Å²) in [6, 6.07) is 6.02. The molecule has 1 heterocycles. The van der Waals surface area contributed by atoms with Crippen molar-refractivity contribution >= 4 is 40.5 Å². The zero-order valence-electron chi connectivity index (χ0n) is 12.2. The molecule has 1 atom stereocenters. The molecule has 0 radical (unpaired) electrons. The maximum Gasteiger partial charge on any atom is 0.313 e. The average molecular weight is 326 g/mol. The van der Waals surface area contributed by atoms with Gasteiger partial charge in [-0.1, -0.05) is 17.8 Å². The maximum absolute atomic E-state index is 10.8. The van der Waals surface area contributed by atoms with E-state index in [1.165, 1.54) is 11.8 Å². The molecule has 0 saturated carbocycles. The molecule has 21 heavy (non-hydrogen) atoms. The number of rotatable bonds is 7. The van der Waals surface area contributed by atoms with Crippen molar-refractivity contribution < 1.29 is 14.6 Å². The Kier molecular flexibility index (Phi) is 5.41. The molecule has 0 fully saturated rings. The van der Waals surface area contributed by atoms with Gasteiger partial charge in [0.1, 0.15) is 11.3 Å². The minimum atomic E-state index is -0.844. The third kappa shape index (κ3) is 3.47. The summed E-state index contributed by atoms with van der Waals surface area (Å²) >= 11 is 3.00. The van der Waals surface area contributed by atoms with Gasteiger partial charge in [0, 0.05) is 11.8 Å². The lowest BCUT2D eigenvalue weighted by Gasteiger charge is -2.16. The Morgan fingerprint density at radius 1 is 1.52 bits per heavy atom. The number of imidazole rings is 1. The number of thioether (sulfide) groups is 2. The highest BCUT2D eigenvalue weighted by Gasteiger charge is 2.19. The number of aromatic nitrogens is 2. The number of carbonyl (C=O) groups is 1. The topological polar surface area (TPSA) is 64.3 Å². The SMILES string of the molecule is COc1cccc2c1nc(SCC(=O)O)n2C(C)CSC. The van der Waals surface area contributed by atoms with E-state index in [1.807, 2.05) is 18.2 Å². The van der Waals surface area contributed by atoms with Crippen molar-refractivity contribution in [1.29, 1.82) is 0 Å². The molecule has 0 aliphatic carbocycles. The maximum atomic E-state index is 10.8. The molecule has 0 saturated heterocycles. The predicted octanol–water partition coefficient (Wildman–Crippen LogP) is 3.15. The predicted molar refractivity (Wildman–Crippen MR) is 87.7 cm³/mol. The molecule has 7 heteroatoms. The van der Waals surface area contributed by atoms with Gasteiger partial charge in [0.05, 0.1) is 18.4 Å². The second kappa shape index (κ2) is 7.09. The summed E-state index contributed by atoms with van der Waals surface area (Å²) in [4.78, 5) is 15.4. The summed E-state index contributed by atoms with van der Waals surface area (Å²) in [5, 5.41) is 9.62. The molecule has 2 rings (SSSR count). The monoisotopic (exact) mass is 326 g/mol. The van der Waals surface area contributed by atoms with Crippen LogP contribution in [0.4, 0.5) is 0 Å². The third-order valence-corrected chi connectivity index (χ3v) is 4.80. The fraction of sp³-hybridized carbons (Fsp3) is 0.429. The number of aliphatic carboxylic acids is 1. The van der Waals surface area contributed by atoms with E-state index in [-0.39, 0.29) is 11.8 Å². The highest BCUT2D eigenvalue weighted by Crippen LogP contribution is 2.33. The summed E-state index contributed by atoms with van der Waals surface area (Å²) in [5.74, 6) is 0.795. The molecule has 114 valence electrons. The number of hydrogen-bond donors (Lipinski definition) is 1. The largest absolute Gasteiger partial charge is 0.494 e. The molecular formula is C14H18N2O3S2. The molecule has 0 aliphatic heterocycles. The van der Waals surface area contributed by atoms with E-state index in [0.717, 1.165) is 21.9 Å². The van der Waals surface area contributed by atoms with Crippen molar-refractivity contribution in [3.63, 3.8) is 0 Å². The zero-order chi connectivity index (χ0) is 15.4. The van der Waals surface area contributed by atoms with Gasteiger partial charge in [0.15, 0.2) is 5.16 Å². The zero-order valence-corrected chi connectivity index (χ0v) is 13.8. The number of nitrogens with zero attached hydrogens (tertiary/aromatic N) is 2. The van der Waals surface area contributed by atoms with Gasteiger partial charge in [-0.2, -0.15) is 11.8 Å². The van der Waals surface area contributed by atoms with Crippen LogP contribution >= 0.6 is 23.5 Å². The molecular weight excluding hydrogens is 308 g/mol. The van der Waals surface area contributed by atoms with Crippen molar-refractivity contribution in [1.82, 2.24) is 9.55 Å². The summed E-state index contributed by atoms with van der Waals surface area (Å²) < 4.78 is 7.45. The van der Waals surface area contributed by atoms with Gasteiger partial charge in [-0.05, 0) is 25.3 Å². The van der Waals surface area contributed by atoms with E-state index in [2.05, 4.69) is 22.7 Å². The minimum Gasteiger partial charge on any atom is -0.494 e. The minimum absolute atomic E-state index is 0.00236. The molecule has 0 spiro atoms. The molecule has 1 N–H and O–H groups in total. The second-order valence-corrected chi connectivity index (χ2v) is 6.43. The van der Waals surface area contributed by atoms with E-state index in [4.69, 9.17) is 9.84 Å². The first-order valence-electron chi connectivity index (χ1n) is 6.47. The molecule has 0 amide bonds. The van der Waals surface area contributed by atoms with Gasteiger partial charge >= 0.3 is 5.97 Å². The first-order chi connectivity index (χ1) is 10.1. The van der Waals surface area contributed by atoms with E-state index in [1.54, 1.807) is 18.9 Å². The standard InChI is InChI=1S/C14H18N2O3S2/c1-9(7-20-3)16-10-5-4-6-11(19-2)13(10)15-14(16)21-8-12(17)18/h4-6,9H,7-8H2,1-3H3,(H,17,18). The summed E-state index contributed by atoms with van der Waals surface area (Å²) in [7, 11) is 1.61. The normalized spacial score (nSPS) is 12.5. The third-order valence-electron chi connectivity index (χ3n) is 3.04. The van der Waals surface area contributed by atoms with Crippen LogP contribution < -0.4 is 4.74 Å². The van der Waals surface area contributed by atoms with Crippen molar-refractivity contribution in [2.75, 3.05) is 24.9 Å². The Bertz CT molecular complexity index is 642. The lowest BCUT2D eigenvalue weighted by atomic mass is 10.2. The highest BCUT2D eigenvalue weighted by atomic mass is 32.2. The summed E-state index contributed by atoms with van der Waals surface area (Å²) in [5.41, 5.74) is 1.75. The number of methoxy groups -OCH3 is 1. The van der Waals surface area contributed by atoms with Crippen LogP contribution in [0.15, 0.2) is 23.4 Å².